The molecule has 1 aliphatic heterocycles. The highest BCUT2D eigenvalue weighted by Crippen LogP contribution is 2.27. The largest absolute Gasteiger partial charge is 0.301 e. The van der Waals surface area contributed by atoms with E-state index in [0.29, 0.717) is 23.0 Å². The summed E-state index contributed by atoms with van der Waals surface area (Å²) in [6.07, 6.45) is 0. The van der Waals surface area contributed by atoms with Crippen LogP contribution in [0.2, 0.25) is 0 Å². The van der Waals surface area contributed by atoms with Crippen LogP contribution in [0.3, 0.4) is 0 Å². The molecule has 1 aliphatic rings. The summed E-state index contributed by atoms with van der Waals surface area (Å²) in [4.78, 5) is 16.2. The predicted molar refractivity (Wildman–Crippen MR) is 101 cm³/mol. The summed E-state index contributed by atoms with van der Waals surface area (Å²) in [5.74, 6) is 0.606. The van der Waals surface area contributed by atoms with Crippen LogP contribution in [-0.2, 0) is 10.0 Å². The van der Waals surface area contributed by atoms with Gasteiger partial charge >= 0.3 is 0 Å². The molecule has 2 N–H and O–H groups in total. The Kier molecular flexibility index (Phi) is 5.28. The van der Waals surface area contributed by atoms with Gasteiger partial charge in [-0.1, -0.05) is 11.8 Å². The Labute approximate surface area is 155 Å². The normalized spacial score (nSPS) is 14.3. The fraction of sp³-hybridized carbons (Fsp3) is 0.143. The van der Waals surface area contributed by atoms with E-state index in [-0.39, 0.29) is 10.1 Å². The molecule has 0 fully saturated rings. The number of nitrogens with zero attached hydrogens (tertiary/aromatic N) is 1. The molecule has 0 unspecified atom stereocenters. The zero-order valence-corrected chi connectivity index (χ0v) is 16.2. The topological polar surface area (TPSA) is 87.6 Å². The van der Waals surface area contributed by atoms with Gasteiger partial charge in [0.05, 0.1) is 10.3 Å². The van der Waals surface area contributed by atoms with Crippen LogP contribution in [0.1, 0.15) is 10.4 Å². The van der Waals surface area contributed by atoms with Crippen LogP contribution in [0.5, 0.6) is 0 Å². The van der Waals surface area contributed by atoms with Gasteiger partial charge in [0.25, 0.3) is 15.9 Å². The fourth-order valence-electron chi connectivity index (χ4n) is 1.92. The molecule has 0 aliphatic carbocycles. The zero-order chi connectivity index (χ0) is 17.2. The maximum absolute atomic E-state index is 12.2. The Hall–Kier alpha value is -1.36. The first-order valence-corrected chi connectivity index (χ1v) is 10.9. The fourth-order valence-corrected chi connectivity index (χ4v) is 5.71. The first kappa shape index (κ1) is 17.5. The molecule has 0 saturated carbocycles. The van der Waals surface area contributed by atoms with E-state index in [2.05, 4.69) is 31.0 Å². The van der Waals surface area contributed by atoms with Crippen LogP contribution < -0.4 is 10.0 Å². The Bertz CT molecular complexity index is 891. The van der Waals surface area contributed by atoms with Crippen LogP contribution in [0.15, 0.2) is 49.4 Å². The molecular weight excluding hydrogens is 434 g/mol. The number of carbonyl (C=O) groups is 1. The summed E-state index contributed by atoms with van der Waals surface area (Å²) in [7, 11) is -3.63. The van der Waals surface area contributed by atoms with Crippen LogP contribution >= 0.6 is 39.0 Å². The number of aliphatic imine (C=N–C) groups is 1. The van der Waals surface area contributed by atoms with Crippen molar-refractivity contribution in [1.82, 2.24) is 5.32 Å². The van der Waals surface area contributed by atoms with Crippen molar-refractivity contribution < 1.29 is 13.2 Å². The van der Waals surface area contributed by atoms with E-state index < -0.39 is 10.0 Å². The number of benzene rings is 1. The second-order valence-corrected chi connectivity index (χ2v) is 10.2. The summed E-state index contributed by atoms with van der Waals surface area (Å²) in [5, 5.41) is 3.34. The first-order valence-electron chi connectivity index (χ1n) is 6.81. The number of hydrogen-bond donors (Lipinski definition) is 2. The lowest BCUT2D eigenvalue weighted by Crippen LogP contribution is -2.27. The predicted octanol–water partition coefficient (Wildman–Crippen LogP) is 3.14. The van der Waals surface area contributed by atoms with E-state index >= 15 is 0 Å². The van der Waals surface area contributed by atoms with Crippen LogP contribution in [-0.4, -0.2) is 31.8 Å². The van der Waals surface area contributed by atoms with Gasteiger partial charge in [-0.15, -0.1) is 11.3 Å². The number of hydrogen-bond acceptors (Lipinski definition) is 6. The van der Waals surface area contributed by atoms with Crippen molar-refractivity contribution in [3.63, 3.8) is 0 Å². The summed E-state index contributed by atoms with van der Waals surface area (Å²) in [6.45, 7) is 0.708. The van der Waals surface area contributed by atoms with E-state index in [1.807, 2.05) is 0 Å². The molecule has 10 heteroatoms. The molecule has 3 rings (SSSR count). The number of thiophene rings is 1. The Morgan fingerprint density at radius 3 is 2.50 bits per heavy atom. The number of amidine groups is 1. The van der Waals surface area contributed by atoms with Gasteiger partial charge in [-0.25, -0.2) is 8.42 Å². The van der Waals surface area contributed by atoms with Crippen molar-refractivity contribution in [3.05, 3.63) is 45.7 Å². The third-order valence-electron chi connectivity index (χ3n) is 3.02. The van der Waals surface area contributed by atoms with Crippen molar-refractivity contribution in [2.45, 2.75) is 4.21 Å². The van der Waals surface area contributed by atoms with Gasteiger partial charge in [0.1, 0.15) is 4.21 Å². The average Bonchev–Trinajstić information content (AvgIpc) is 3.19. The maximum atomic E-state index is 12.2. The second-order valence-electron chi connectivity index (χ2n) is 4.73. The number of anilines is 1. The van der Waals surface area contributed by atoms with E-state index in [1.165, 1.54) is 17.8 Å². The molecule has 0 saturated heterocycles. The number of amides is 1. The van der Waals surface area contributed by atoms with Crippen molar-refractivity contribution in [1.29, 1.82) is 0 Å². The first-order chi connectivity index (χ1) is 11.4. The smallest absolute Gasteiger partial charge is 0.271 e. The van der Waals surface area contributed by atoms with Crippen molar-refractivity contribution in [2.24, 2.45) is 4.99 Å². The third-order valence-corrected chi connectivity index (χ3v) is 7.41. The van der Waals surface area contributed by atoms with E-state index in [1.54, 1.807) is 30.3 Å². The molecule has 0 spiro atoms. The lowest BCUT2D eigenvalue weighted by atomic mass is 10.2. The molecule has 0 bridgehead atoms. The van der Waals surface area contributed by atoms with Crippen molar-refractivity contribution in [2.75, 3.05) is 17.0 Å². The van der Waals surface area contributed by atoms with E-state index in [9.17, 15) is 13.2 Å². The van der Waals surface area contributed by atoms with Crippen molar-refractivity contribution in [3.8, 4) is 0 Å². The number of rotatable bonds is 4. The van der Waals surface area contributed by atoms with Gasteiger partial charge < -0.3 is 5.32 Å². The summed E-state index contributed by atoms with van der Waals surface area (Å²) >= 11 is 5.87. The highest BCUT2D eigenvalue weighted by molar-refractivity contribution is 9.11. The van der Waals surface area contributed by atoms with Gasteiger partial charge in [-0.2, -0.15) is 0 Å². The summed E-state index contributed by atoms with van der Waals surface area (Å²) < 4.78 is 27.9. The lowest BCUT2D eigenvalue weighted by molar-refractivity contribution is 0.0978. The molecule has 1 amide bonds. The molecule has 0 atom stereocenters. The third kappa shape index (κ3) is 4.18. The second kappa shape index (κ2) is 7.26. The van der Waals surface area contributed by atoms with Gasteiger partial charge in [-0.05, 0) is 52.3 Å². The molecule has 2 aromatic rings. The highest BCUT2D eigenvalue weighted by atomic mass is 79.9. The molecule has 24 heavy (non-hydrogen) atoms. The monoisotopic (exact) mass is 445 g/mol. The van der Waals surface area contributed by atoms with Crippen LogP contribution in [0, 0.1) is 0 Å². The quantitative estimate of drug-likeness (QED) is 0.756. The molecule has 126 valence electrons. The number of thioether (sulfide) groups is 1. The molecule has 2 heterocycles. The number of carbonyl (C=O) groups excluding carboxylic acids is 1. The summed E-state index contributed by atoms with van der Waals surface area (Å²) in [5.41, 5.74) is 0.829. The minimum Gasteiger partial charge on any atom is -0.301 e. The SMILES string of the molecule is O=C(NC1=NCCS1)c1ccc(NS(=O)(=O)c2ccc(Br)s2)cc1. The summed E-state index contributed by atoms with van der Waals surface area (Å²) in [6, 6.07) is 9.45. The average molecular weight is 446 g/mol. The number of sulfonamides is 1. The number of nitrogens with one attached hydrogen (secondary N) is 2. The Morgan fingerprint density at radius 2 is 1.92 bits per heavy atom. The molecule has 1 aromatic carbocycles. The highest BCUT2D eigenvalue weighted by Gasteiger charge is 2.17. The van der Waals surface area contributed by atoms with E-state index in [0.717, 1.165) is 20.9 Å². The Balaban J connectivity index is 1.69. The lowest BCUT2D eigenvalue weighted by Gasteiger charge is -2.08. The molecule has 6 nitrogen and oxygen atoms in total. The van der Waals surface area contributed by atoms with Crippen LogP contribution in [0.4, 0.5) is 5.69 Å². The van der Waals surface area contributed by atoms with Gasteiger partial charge in [0.2, 0.25) is 0 Å². The van der Waals surface area contributed by atoms with Gasteiger partial charge in [-0.3, -0.25) is 14.5 Å². The maximum Gasteiger partial charge on any atom is 0.271 e. The standard InChI is InChI=1S/C14H12BrN3O3S3/c15-11-5-6-12(23-11)24(20,21)18-10-3-1-9(2-4-10)13(19)17-14-16-7-8-22-14/h1-6,18H,7-8H2,(H,16,17,19). The van der Waals surface area contributed by atoms with Gasteiger partial charge in [0, 0.05) is 17.0 Å². The molecule has 0 radical (unpaired) electrons. The van der Waals surface area contributed by atoms with E-state index in [4.69, 9.17) is 0 Å². The Morgan fingerprint density at radius 1 is 1.17 bits per heavy atom. The van der Waals surface area contributed by atoms with Gasteiger partial charge in [0.15, 0.2) is 5.17 Å². The zero-order valence-electron chi connectivity index (χ0n) is 12.2. The minimum atomic E-state index is -3.63. The van der Waals surface area contributed by atoms with Crippen LogP contribution in [0.25, 0.3) is 0 Å². The molecular formula is C14H12BrN3O3S3. The van der Waals surface area contributed by atoms with Crippen molar-refractivity contribution >= 4 is 65.8 Å². The number of halogens is 1. The minimum absolute atomic E-state index is 0.215. The molecule has 1 aromatic heterocycles.